The molecule has 1 aromatic heterocycles. The highest BCUT2D eigenvalue weighted by Crippen LogP contribution is 2.26. The Morgan fingerprint density at radius 1 is 1.23 bits per heavy atom. The van der Waals surface area contributed by atoms with Crippen LogP contribution in [0.4, 0.5) is 5.82 Å². The normalized spacial score (nSPS) is 10.7. The molecule has 0 saturated carbocycles. The molecule has 1 N–H and O–H groups in total. The van der Waals surface area contributed by atoms with E-state index in [1.165, 1.54) is 0 Å². The van der Waals surface area contributed by atoms with Gasteiger partial charge in [0.15, 0.2) is 5.16 Å². The lowest BCUT2D eigenvalue weighted by Gasteiger charge is -2.20. The Labute approximate surface area is 160 Å². The molecule has 140 valence electrons. The number of nitrogens with one attached hydrogen (secondary N) is 1. The summed E-state index contributed by atoms with van der Waals surface area (Å²) in [5.41, 5.74) is 3.92. The van der Waals surface area contributed by atoms with Gasteiger partial charge in [-0.3, -0.25) is 4.79 Å². The van der Waals surface area contributed by atoms with Gasteiger partial charge in [-0.05, 0) is 44.9 Å². The van der Waals surface area contributed by atoms with Crippen LogP contribution in [0.3, 0.4) is 0 Å². The average molecular weight is 373 g/mol. The lowest BCUT2D eigenvalue weighted by Crippen LogP contribution is -2.22. The van der Waals surface area contributed by atoms with E-state index in [2.05, 4.69) is 36.1 Å². The van der Waals surface area contributed by atoms with Crippen LogP contribution < -0.4 is 10.2 Å². The van der Waals surface area contributed by atoms with Crippen LogP contribution in [0.1, 0.15) is 47.4 Å². The van der Waals surface area contributed by atoms with E-state index in [-0.39, 0.29) is 5.91 Å². The van der Waals surface area contributed by atoms with Crippen molar-refractivity contribution in [2.45, 2.75) is 45.0 Å². The summed E-state index contributed by atoms with van der Waals surface area (Å²) in [6, 6.07) is 7.72. The van der Waals surface area contributed by atoms with Crippen molar-refractivity contribution < 1.29 is 4.79 Å². The Hall–Kier alpha value is -2.08. The summed E-state index contributed by atoms with van der Waals surface area (Å²) >= 11 is 1.60. The van der Waals surface area contributed by atoms with Gasteiger partial charge in [-0.1, -0.05) is 30.8 Å². The Balaban J connectivity index is 2.14. The summed E-state index contributed by atoms with van der Waals surface area (Å²) in [6.07, 6.45) is 1.08. The molecule has 1 amide bonds. The first-order valence-corrected chi connectivity index (χ1v) is 10.0. The van der Waals surface area contributed by atoms with Crippen LogP contribution in [-0.2, 0) is 5.75 Å². The summed E-state index contributed by atoms with van der Waals surface area (Å²) < 4.78 is 0. The van der Waals surface area contributed by atoms with Crippen LogP contribution in [0.15, 0.2) is 29.4 Å². The van der Waals surface area contributed by atoms with Crippen molar-refractivity contribution in [3.05, 3.63) is 46.6 Å². The van der Waals surface area contributed by atoms with E-state index >= 15 is 0 Å². The molecule has 0 aliphatic rings. The molecular weight excluding hydrogens is 344 g/mol. The van der Waals surface area contributed by atoms with Crippen molar-refractivity contribution in [1.29, 1.82) is 0 Å². The van der Waals surface area contributed by atoms with Gasteiger partial charge < -0.3 is 10.2 Å². The zero-order valence-electron chi connectivity index (χ0n) is 16.3. The highest BCUT2D eigenvalue weighted by atomic mass is 32.2. The maximum absolute atomic E-state index is 12.0. The maximum atomic E-state index is 12.0. The number of rotatable bonds is 8. The van der Waals surface area contributed by atoms with Gasteiger partial charge in [-0.15, -0.1) is 0 Å². The molecule has 0 unspecified atom stereocenters. The summed E-state index contributed by atoms with van der Waals surface area (Å²) in [7, 11) is 2.07. The fraction of sp³-hybridized carbons (Fsp3) is 0.450. The molecule has 2 rings (SSSR count). The summed E-state index contributed by atoms with van der Waals surface area (Å²) in [5, 5.41) is 3.61. The molecule has 0 saturated heterocycles. The Morgan fingerprint density at radius 3 is 2.69 bits per heavy atom. The molecule has 1 heterocycles. The molecule has 0 aliphatic heterocycles. The zero-order valence-corrected chi connectivity index (χ0v) is 17.1. The van der Waals surface area contributed by atoms with Crippen molar-refractivity contribution in [2.75, 3.05) is 25.0 Å². The number of aromatic nitrogens is 2. The largest absolute Gasteiger partial charge is 0.359 e. The summed E-state index contributed by atoms with van der Waals surface area (Å²) in [4.78, 5) is 23.5. The van der Waals surface area contributed by atoms with Crippen molar-refractivity contribution in [2.24, 2.45) is 0 Å². The number of thioether (sulfide) groups is 1. The van der Waals surface area contributed by atoms with Crippen molar-refractivity contribution in [1.82, 2.24) is 15.3 Å². The number of carbonyl (C=O) groups is 1. The lowest BCUT2D eigenvalue weighted by molar-refractivity contribution is 0.0955. The number of hydrogen-bond donors (Lipinski definition) is 1. The molecule has 1 aromatic carbocycles. The number of hydrogen-bond acceptors (Lipinski definition) is 5. The number of aryl methyl sites for hydroxylation is 1. The first-order valence-electron chi connectivity index (χ1n) is 9.02. The van der Waals surface area contributed by atoms with Crippen LogP contribution in [0.25, 0.3) is 0 Å². The molecule has 0 spiro atoms. The van der Waals surface area contributed by atoms with Gasteiger partial charge in [0.05, 0.1) is 0 Å². The van der Waals surface area contributed by atoms with Gasteiger partial charge in [0.1, 0.15) is 5.82 Å². The van der Waals surface area contributed by atoms with E-state index in [9.17, 15) is 4.79 Å². The molecule has 0 aliphatic carbocycles. The van der Waals surface area contributed by atoms with E-state index in [4.69, 9.17) is 4.98 Å². The summed E-state index contributed by atoms with van der Waals surface area (Å²) in [6.45, 7) is 9.78. The number of amides is 1. The third-order valence-electron chi connectivity index (χ3n) is 4.16. The molecule has 0 fully saturated rings. The van der Waals surface area contributed by atoms with Crippen molar-refractivity contribution in [3.63, 3.8) is 0 Å². The minimum atomic E-state index is -0.0368. The molecule has 0 radical (unpaired) electrons. The fourth-order valence-corrected chi connectivity index (χ4v) is 3.51. The third-order valence-corrected chi connectivity index (χ3v) is 5.08. The lowest BCUT2D eigenvalue weighted by atomic mass is 10.1. The van der Waals surface area contributed by atoms with Gasteiger partial charge in [-0.25, -0.2) is 9.97 Å². The number of benzene rings is 1. The first kappa shape index (κ1) is 20.2. The van der Waals surface area contributed by atoms with Crippen molar-refractivity contribution >= 4 is 23.5 Å². The van der Waals surface area contributed by atoms with Gasteiger partial charge in [0.25, 0.3) is 5.91 Å². The van der Waals surface area contributed by atoms with Gasteiger partial charge in [0.2, 0.25) is 0 Å². The highest BCUT2D eigenvalue weighted by Gasteiger charge is 2.12. The molecule has 5 nitrogen and oxygen atoms in total. The fourth-order valence-electron chi connectivity index (χ4n) is 2.68. The molecular formula is C20H28N4OS. The predicted molar refractivity (Wildman–Crippen MR) is 109 cm³/mol. The van der Waals surface area contributed by atoms with Crippen LogP contribution >= 0.6 is 11.8 Å². The monoisotopic (exact) mass is 372 g/mol. The topological polar surface area (TPSA) is 58.1 Å². The van der Waals surface area contributed by atoms with Gasteiger partial charge >= 0.3 is 0 Å². The second kappa shape index (κ2) is 9.57. The van der Waals surface area contributed by atoms with E-state index in [0.717, 1.165) is 46.5 Å². The van der Waals surface area contributed by atoms with Gasteiger partial charge in [-0.2, -0.15) is 0 Å². The number of carbonyl (C=O) groups excluding carboxylic acids is 1. The van der Waals surface area contributed by atoms with Crippen molar-refractivity contribution in [3.8, 4) is 0 Å². The smallest absolute Gasteiger partial charge is 0.251 e. The Bertz CT molecular complexity index is 763. The quantitative estimate of drug-likeness (QED) is 0.561. The average Bonchev–Trinajstić information content (AvgIpc) is 2.63. The van der Waals surface area contributed by atoms with Crippen LogP contribution in [0.5, 0.6) is 0 Å². The standard InChI is InChI=1S/C20H28N4OS/c1-6-11-24(5)18-14(3)15(4)22-20(23-18)26-13-16-9-8-10-17(12-16)19(25)21-7-2/h8-10,12H,6-7,11,13H2,1-5H3,(H,21,25). The van der Waals surface area contributed by atoms with Crippen LogP contribution in [0, 0.1) is 13.8 Å². The first-order chi connectivity index (χ1) is 12.5. The number of nitrogens with zero attached hydrogens (tertiary/aromatic N) is 3. The zero-order chi connectivity index (χ0) is 19.1. The molecule has 26 heavy (non-hydrogen) atoms. The Kier molecular flexibility index (Phi) is 7.45. The van der Waals surface area contributed by atoms with E-state index in [1.54, 1.807) is 11.8 Å². The van der Waals surface area contributed by atoms with Gasteiger partial charge in [0, 0.05) is 42.7 Å². The van der Waals surface area contributed by atoms with Crippen LogP contribution in [0.2, 0.25) is 0 Å². The van der Waals surface area contributed by atoms with Crippen LogP contribution in [-0.4, -0.2) is 36.0 Å². The number of anilines is 1. The van der Waals surface area contributed by atoms with E-state index in [1.807, 2.05) is 38.1 Å². The molecule has 0 bridgehead atoms. The Morgan fingerprint density at radius 2 is 2.00 bits per heavy atom. The SMILES string of the molecule is CCCN(C)c1nc(SCc2cccc(C(=O)NCC)c2)nc(C)c1C. The highest BCUT2D eigenvalue weighted by molar-refractivity contribution is 7.98. The maximum Gasteiger partial charge on any atom is 0.251 e. The molecule has 6 heteroatoms. The molecule has 2 aromatic rings. The minimum absolute atomic E-state index is 0.0368. The van der Waals surface area contributed by atoms with E-state index < -0.39 is 0 Å². The minimum Gasteiger partial charge on any atom is -0.359 e. The van der Waals surface area contributed by atoms with E-state index in [0.29, 0.717) is 12.1 Å². The predicted octanol–water partition coefficient (Wildman–Crippen LogP) is 3.98. The third kappa shape index (κ3) is 5.21. The second-order valence-corrected chi connectivity index (χ2v) is 7.25. The second-order valence-electron chi connectivity index (χ2n) is 6.31. The molecule has 0 atom stereocenters. The summed E-state index contributed by atoms with van der Waals surface area (Å²) in [5.74, 6) is 1.69.